The zero-order chi connectivity index (χ0) is 15.5. The van der Waals surface area contributed by atoms with Crippen molar-refractivity contribution in [1.82, 2.24) is 4.98 Å². The number of nitrogens with zero attached hydrogens (tertiary/aromatic N) is 1. The van der Waals surface area contributed by atoms with E-state index in [0.717, 1.165) is 25.0 Å². The molecule has 22 heavy (non-hydrogen) atoms. The second-order valence-corrected chi connectivity index (χ2v) is 6.36. The van der Waals surface area contributed by atoms with E-state index in [1.165, 1.54) is 34.8 Å². The number of aryl methyl sites for hydroxylation is 2. The lowest BCUT2D eigenvalue weighted by molar-refractivity contribution is -0.122. The number of thiazole rings is 1. The van der Waals surface area contributed by atoms with Crippen molar-refractivity contribution in [3.05, 3.63) is 40.7 Å². The van der Waals surface area contributed by atoms with Crippen LogP contribution in [0.4, 0.5) is 9.52 Å². The minimum absolute atomic E-state index is 0.0728. The number of carbonyl (C=O) groups is 1. The summed E-state index contributed by atoms with van der Waals surface area (Å²) < 4.78 is 18.9. The largest absolute Gasteiger partial charge is 0.478 e. The first-order valence-corrected chi connectivity index (χ1v) is 8.16. The van der Waals surface area contributed by atoms with Crippen molar-refractivity contribution in [2.45, 2.75) is 38.7 Å². The molecular formula is C16H17FN2O2S. The molecule has 0 bridgehead atoms. The highest BCUT2D eigenvalue weighted by Gasteiger charge is 2.20. The molecule has 1 aromatic carbocycles. The Hall–Kier alpha value is -1.95. The Morgan fingerprint density at radius 3 is 2.91 bits per heavy atom. The number of anilines is 1. The normalized spacial score (nSPS) is 15.0. The maximum absolute atomic E-state index is 13.5. The van der Waals surface area contributed by atoms with Crippen molar-refractivity contribution in [2.24, 2.45) is 0 Å². The number of hydrogen-bond donors (Lipinski definition) is 1. The van der Waals surface area contributed by atoms with Gasteiger partial charge in [0.05, 0.1) is 5.69 Å². The Morgan fingerprint density at radius 1 is 1.36 bits per heavy atom. The summed E-state index contributed by atoms with van der Waals surface area (Å²) in [5.74, 6) is -0.732. The Balaban J connectivity index is 1.64. The molecule has 3 rings (SSSR count). The van der Waals surface area contributed by atoms with Crippen LogP contribution in [0.1, 0.15) is 30.3 Å². The van der Waals surface area contributed by atoms with Gasteiger partial charge in [0.25, 0.3) is 5.91 Å². The molecule has 1 aromatic heterocycles. The zero-order valence-electron chi connectivity index (χ0n) is 12.3. The van der Waals surface area contributed by atoms with Gasteiger partial charge in [0.15, 0.2) is 22.8 Å². The molecule has 1 aliphatic rings. The summed E-state index contributed by atoms with van der Waals surface area (Å²) in [6.07, 6.45) is 3.54. The first-order valence-electron chi connectivity index (χ1n) is 7.34. The number of nitrogens with one attached hydrogen (secondary N) is 1. The molecule has 0 fully saturated rings. The van der Waals surface area contributed by atoms with Gasteiger partial charge in [-0.25, -0.2) is 9.37 Å². The van der Waals surface area contributed by atoms with Crippen molar-refractivity contribution >= 4 is 22.4 Å². The Bertz CT molecular complexity index is 663. The van der Waals surface area contributed by atoms with Crippen molar-refractivity contribution in [2.75, 3.05) is 5.32 Å². The molecule has 0 spiro atoms. The number of aromatic nitrogens is 1. The molecule has 1 N–H and O–H groups in total. The molecule has 6 heteroatoms. The third-order valence-corrected chi connectivity index (χ3v) is 4.66. The average molecular weight is 320 g/mol. The van der Waals surface area contributed by atoms with Crippen LogP contribution in [0.5, 0.6) is 5.75 Å². The molecule has 1 heterocycles. The summed E-state index contributed by atoms with van der Waals surface area (Å²) in [5.41, 5.74) is 1.09. The fourth-order valence-electron chi connectivity index (χ4n) is 2.40. The highest BCUT2D eigenvalue weighted by Crippen LogP contribution is 2.29. The number of fused-ring (bicyclic) bond motifs is 1. The molecule has 0 aliphatic heterocycles. The Morgan fingerprint density at radius 2 is 2.14 bits per heavy atom. The van der Waals surface area contributed by atoms with E-state index in [2.05, 4.69) is 10.3 Å². The maximum atomic E-state index is 13.5. The van der Waals surface area contributed by atoms with E-state index in [1.807, 2.05) is 0 Å². The van der Waals surface area contributed by atoms with E-state index in [9.17, 15) is 9.18 Å². The van der Waals surface area contributed by atoms with Gasteiger partial charge in [0.2, 0.25) is 0 Å². The Labute approximate surface area is 132 Å². The van der Waals surface area contributed by atoms with Crippen LogP contribution in [-0.2, 0) is 17.6 Å². The molecule has 116 valence electrons. The summed E-state index contributed by atoms with van der Waals surface area (Å²) in [5, 5.41) is 3.36. The molecule has 0 unspecified atom stereocenters. The van der Waals surface area contributed by atoms with Crippen molar-refractivity contribution in [3.8, 4) is 5.75 Å². The Kier molecular flexibility index (Phi) is 4.38. The predicted octanol–water partition coefficient (Wildman–Crippen LogP) is 3.57. The third-order valence-electron chi connectivity index (χ3n) is 3.59. The number of halogens is 1. The standard InChI is InChI=1S/C16H17FN2O2S/c1-10(21-13-8-4-2-6-11(13)17)15(20)19-16-18-12-7-3-5-9-14(12)22-16/h2,4,6,8,10H,3,5,7,9H2,1H3,(H,18,19,20)/t10-/m1/s1. The van der Waals surface area contributed by atoms with E-state index in [1.54, 1.807) is 19.1 Å². The second-order valence-electron chi connectivity index (χ2n) is 5.28. The first-order chi connectivity index (χ1) is 10.6. The van der Waals surface area contributed by atoms with E-state index in [-0.39, 0.29) is 11.7 Å². The van der Waals surface area contributed by atoms with Crippen molar-refractivity contribution in [1.29, 1.82) is 0 Å². The molecular weight excluding hydrogens is 303 g/mol. The summed E-state index contributed by atoms with van der Waals surface area (Å²) in [6.45, 7) is 1.59. The summed E-state index contributed by atoms with van der Waals surface area (Å²) >= 11 is 1.52. The molecule has 0 radical (unpaired) electrons. The number of hydrogen-bond acceptors (Lipinski definition) is 4. The van der Waals surface area contributed by atoms with E-state index >= 15 is 0 Å². The molecule has 1 aliphatic carbocycles. The summed E-state index contributed by atoms with van der Waals surface area (Å²) in [7, 11) is 0. The van der Waals surface area contributed by atoms with Gasteiger partial charge in [-0.15, -0.1) is 11.3 Å². The summed E-state index contributed by atoms with van der Waals surface area (Å²) in [6, 6.07) is 6.04. The molecule has 2 aromatic rings. The number of carbonyl (C=O) groups excluding carboxylic acids is 1. The van der Waals surface area contributed by atoms with E-state index in [0.29, 0.717) is 5.13 Å². The topological polar surface area (TPSA) is 51.2 Å². The van der Waals surface area contributed by atoms with Gasteiger partial charge in [-0.05, 0) is 44.7 Å². The van der Waals surface area contributed by atoms with Crippen LogP contribution in [-0.4, -0.2) is 17.0 Å². The van der Waals surface area contributed by atoms with E-state index < -0.39 is 11.9 Å². The van der Waals surface area contributed by atoms with Gasteiger partial charge >= 0.3 is 0 Å². The molecule has 1 amide bonds. The molecule has 1 atom stereocenters. The van der Waals surface area contributed by atoms with Gasteiger partial charge < -0.3 is 4.74 Å². The fraction of sp³-hybridized carbons (Fsp3) is 0.375. The average Bonchev–Trinajstić information content (AvgIpc) is 2.91. The molecule has 0 saturated heterocycles. The number of rotatable bonds is 4. The monoisotopic (exact) mass is 320 g/mol. The second kappa shape index (κ2) is 6.44. The highest BCUT2D eigenvalue weighted by molar-refractivity contribution is 7.15. The van der Waals surface area contributed by atoms with Crippen LogP contribution in [0, 0.1) is 5.82 Å². The molecule has 4 nitrogen and oxygen atoms in total. The van der Waals surface area contributed by atoms with Gasteiger partial charge in [0, 0.05) is 4.88 Å². The van der Waals surface area contributed by atoms with Crippen molar-refractivity contribution < 1.29 is 13.9 Å². The predicted molar refractivity (Wildman–Crippen MR) is 83.9 cm³/mol. The lowest BCUT2D eigenvalue weighted by atomic mass is 10.0. The lowest BCUT2D eigenvalue weighted by Crippen LogP contribution is -2.30. The van der Waals surface area contributed by atoms with Gasteiger partial charge in [-0.2, -0.15) is 0 Å². The minimum Gasteiger partial charge on any atom is -0.478 e. The van der Waals surface area contributed by atoms with Gasteiger partial charge in [0.1, 0.15) is 0 Å². The van der Waals surface area contributed by atoms with Crippen LogP contribution in [0.2, 0.25) is 0 Å². The van der Waals surface area contributed by atoms with Crippen molar-refractivity contribution in [3.63, 3.8) is 0 Å². The zero-order valence-corrected chi connectivity index (χ0v) is 13.1. The fourth-order valence-corrected chi connectivity index (χ4v) is 3.45. The van der Waals surface area contributed by atoms with Crippen LogP contribution in [0.15, 0.2) is 24.3 Å². The van der Waals surface area contributed by atoms with Crippen LogP contribution in [0.25, 0.3) is 0 Å². The highest BCUT2D eigenvalue weighted by atomic mass is 32.1. The minimum atomic E-state index is -0.794. The third kappa shape index (κ3) is 3.27. The smallest absolute Gasteiger partial charge is 0.266 e. The number of ether oxygens (including phenoxy) is 1. The van der Waals surface area contributed by atoms with Crippen LogP contribution < -0.4 is 10.1 Å². The first kappa shape index (κ1) is 15.0. The number of para-hydroxylation sites is 1. The van der Waals surface area contributed by atoms with Gasteiger partial charge in [-0.1, -0.05) is 12.1 Å². The van der Waals surface area contributed by atoms with Crippen LogP contribution >= 0.6 is 11.3 Å². The number of benzene rings is 1. The summed E-state index contributed by atoms with van der Waals surface area (Å²) in [4.78, 5) is 17.9. The quantitative estimate of drug-likeness (QED) is 0.937. The van der Waals surface area contributed by atoms with Gasteiger partial charge in [-0.3, -0.25) is 10.1 Å². The SMILES string of the molecule is C[C@@H](Oc1ccccc1F)C(=O)Nc1nc2c(s1)CCCC2. The van der Waals surface area contributed by atoms with Crippen LogP contribution in [0.3, 0.4) is 0 Å². The maximum Gasteiger partial charge on any atom is 0.266 e. The van der Waals surface area contributed by atoms with E-state index in [4.69, 9.17) is 4.74 Å². The number of amides is 1. The lowest BCUT2D eigenvalue weighted by Gasteiger charge is -2.14. The molecule has 0 saturated carbocycles.